The standard InChI is InChI=1S/C8H15/c1-4-6-8(3)7-5-2/h6-7H,4-5H2,1-3H3/b8-6+. The first kappa shape index (κ1) is 7.74. The Morgan fingerprint density at radius 1 is 1.25 bits per heavy atom. The first-order valence-electron chi connectivity index (χ1n) is 3.31. The number of allylic oxidation sites excluding steroid dienone is 2. The molecule has 47 valence electrons. The number of rotatable bonds is 3. The Balaban J connectivity index is 3.29. The van der Waals surface area contributed by atoms with E-state index < -0.39 is 0 Å². The van der Waals surface area contributed by atoms with Crippen LogP contribution in [-0.4, -0.2) is 0 Å². The minimum Gasteiger partial charge on any atom is -0.0856 e. The van der Waals surface area contributed by atoms with Gasteiger partial charge >= 0.3 is 0 Å². The van der Waals surface area contributed by atoms with Gasteiger partial charge in [0.1, 0.15) is 0 Å². The summed E-state index contributed by atoms with van der Waals surface area (Å²) < 4.78 is 0. The lowest BCUT2D eigenvalue weighted by Gasteiger charge is -1.92. The fraction of sp³-hybridized carbons (Fsp3) is 0.625. The van der Waals surface area contributed by atoms with E-state index in [0.717, 1.165) is 12.8 Å². The van der Waals surface area contributed by atoms with Crippen molar-refractivity contribution in [1.29, 1.82) is 0 Å². The van der Waals surface area contributed by atoms with E-state index in [1.807, 2.05) is 0 Å². The minimum absolute atomic E-state index is 1.16. The number of hydrogen-bond donors (Lipinski definition) is 0. The Bertz CT molecular complexity index is 70.1. The molecule has 0 saturated heterocycles. The molecule has 0 aromatic carbocycles. The van der Waals surface area contributed by atoms with Gasteiger partial charge in [-0.3, -0.25) is 0 Å². The molecule has 0 spiro atoms. The van der Waals surface area contributed by atoms with Crippen LogP contribution in [0.2, 0.25) is 0 Å². The molecule has 0 aromatic heterocycles. The molecule has 0 bridgehead atoms. The van der Waals surface area contributed by atoms with Gasteiger partial charge in [0.15, 0.2) is 0 Å². The Kier molecular flexibility index (Phi) is 4.73. The smallest absolute Gasteiger partial charge is 0.0143 e. The predicted molar refractivity (Wildman–Crippen MR) is 38.6 cm³/mol. The molecule has 0 fully saturated rings. The van der Waals surface area contributed by atoms with E-state index in [1.165, 1.54) is 5.57 Å². The van der Waals surface area contributed by atoms with Crippen LogP contribution in [0.5, 0.6) is 0 Å². The van der Waals surface area contributed by atoms with Crippen LogP contribution in [0.3, 0.4) is 0 Å². The topological polar surface area (TPSA) is 0 Å². The van der Waals surface area contributed by atoms with Crippen LogP contribution in [0.4, 0.5) is 0 Å². The van der Waals surface area contributed by atoms with Gasteiger partial charge in [-0.05, 0) is 26.2 Å². The molecule has 0 saturated carbocycles. The van der Waals surface area contributed by atoms with E-state index in [-0.39, 0.29) is 0 Å². The van der Waals surface area contributed by atoms with Crippen LogP contribution in [0.25, 0.3) is 0 Å². The summed E-state index contributed by atoms with van der Waals surface area (Å²) in [6, 6.07) is 0. The summed E-state index contributed by atoms with van der Waals surface area (Å²) >= 11 is 0. The molecular formula is C8H15. The molecule has 0 heteroatoms. The largest absolute Gasteiger partial charge is 0.0856 e. The third-order valence-corrected chi connectivity index (χ3v) is 1.05. The lowest BCUT2D eigenvalue weighted by atomic mass is 10.1. The third kappa shape index (κ3) is 3.91. The van der Waals surface area contributed by atoms with Gasteiger partial charge in [-0.2, -0.15) is 0 Å². The quantitative estimate of drug-likeness (QED) is 0.525. The second-order valence-corrected chi connectivity index (χ2v) is 1.97. The molecule has 0 aliphatic rings. The fourth-order valence-electron chi connectivity index (χ4n) is 0.727. The van der Waals surface area contributed by atoms with E-state index in [4.69, 9.17) is 0 Å². The molecule has 1 radical (unpaired) electrons. The van der Waals surface area contributed by atoms with Gasteiger partial charge < -0.3 is 0 Å². The summed E-state index contributed by atoms with van der Waals surface area (Å²) in [5.74, 6) is 0. The summed E-state index contributed by atoms with van der Waals surface area (Å²) in [5.41, 5.74) is 1.41. The van der Waals surface area contributed by atoms with Crippen molar-refractivity contribution in [3.05, 3.63) is 18.1 Å². The summed E-state index contributed by atoms with van der Waals surface area (Å²) in [5, 5.41) is 0. The zero-order valence-corrected chi connectivity index (χ0v) is 6.07. The summed E-state index contributed by atoms with van der Waals surface area (Å²) in [6.07, 6.45) is 6.79. The normalized spacial score (nSPS) is 12.1. The Morgan fingerprint density at radius 3 is 2.25 bits per heavy atom. The summed E-state index contributed by atoms with van der Waals surface area (Å²) in [7, 11) is 0. The van der Waals surface area contributed by atoms with Gasteiger partial charge in [-0.25, -0.2) is 0 Å². The van der Waals surface area contributed by atoms with Crippen molar-refractivity contribution in [3.8, 4) is 0 Å². The molecular weight excluding hydrogens is 96.1 g/mol. The summed E-state index contributed by atoms with van der Waals surface area (Å²) in [4.78, 5) is 0. The van der Waals surface area contributed by atoms with E-state index in [1.54, 1.807) is 0 Å². The maximum absolute atomic E-state index is 2.24. The molecule has 0 amide bonds. The highest BCUT2D eigenvalue weighted by molar-refractivity contribution is 5.08. The van der Waals surface area contributed by atoms with Crippen LogP contribution < -0.4 is 0 Å². The van der Waals surface area contributed by atoms with Crippen molar-refractivity contribution in [3.63, 3.8) is 0 Å². The van der Waals surface area contributed by atoms with Crippen molar-refractivity contribution < 1.29 is 0 Å². The number of hydrogen-bond acceptors (Lipinski definition) is 0. The van der Waals surface area contributed by atoms with Crippen molar-refractivity contribution in [1.82, 2.24) is 0 Å². The van der Waals surface area contributed by atoms with Gasteiger partial charge in [0.05, 0.1) is 0 Å². The predicted octanol–water partition coefficient (Wildman–Crippen LogP) is 2.96. The maximum atomic E-state index is 2.24. The fourth-order valence-corrected chi connectivity index (χ4v) is 0.727. The minimum atomic E-state index is 1.16. The second-order valence-electron chi connectivity index (χ2n) is 1.97. The van der Waals surface area contributed by atoms with Gasteiger partial charge in [0, 0.05) is 0 Å². The highest BCUT2D eigenvalue weighted by atomic mass is 13.9. The molecule has 0 unspecified atom stereocenters. The lowest BCUT2D eigenvalue weighted by Crippen LogP contribution is -1.74. The van der Waals surface area contributed by atoms with Gasteiger partial charge in [0.25, 0.3) is 0 Å². The van der Waals surface area contributed by atoms with Crippen molar-refractivity contribution in [2.24, 2.45) is 0 Å². The molecule has 0 atom stereocenters. The SMILES string of the molecule is CC[CH]/C(C)=C/CC. The molecule has 8 heavy (non-hydrogen) atoms. The average Bonchev–Trinajstić information content (AvgIpc) is 1.68. The zero-order chi connectivity index (χ0) is 6.41. The van der Waals surface area contributed by atoms with Gasteiger partial charge in [0.2, 0.25) is 0 Å². The first-order chi connectivity index (χ1) is 3.81. The first-order valence-corrected chi connectivity index (χ1v) is 3.31. The molecule has 0 heterocycles. The van der Waals surface area contributed by atoms with E-state index in [2.05, 4.69) is 33.3 Å². The third-order valence-electron chi connectivity index (χ3n) is 1.05. The zero-order valence-electron chi connectivity index (χ0n) is 6.07. The molecule has 0 N–H and O–H groups in total. The van der Waals surface area contributed by atoms with Crippen molar-refractivity contribution in [2.75, 3.05) is 0 Å². The van der Waals surface area contributed by atoms with Crippen LogP contribution >= 0.6 is 0 Å². The van der Waals surface area contributed by atoms with E-state index >= 15 is 0 Å². The van der Waals surface area contributed by atoms with Crippen LogP contribution in [0, 0.1) is 6.42 Å². The lowest BCUT2D eigenvalue weighted by molar-refractivity contribution is 1.08. The molecule has 0 aliphatic heterocycles. The Morgan fingerprint density at radius 2 is 1.88 bits per heavy atom. The van der Waals surface area contributed by atoms with Crippen molar-refractivity contribution >= 4 is 0 Å². The van der Waals surface area contributed by atoms with E-state index in [0.29, 0.717) is 0 Å². The maximum Gasteiger partial charge on any atom is -0.0143 e. The van der Waals surface area contributed by atoms with E-state index in [9.17, 15) is 0 Å². The monoisotopic (exact) mass is 111 g/mol. The van der Waals surface area contributed by atoms with Crippen LogP contribution in [0.15, 0.2) is 11.6 Å². The molecule has 0 rings (SSSR count). The van der Waals surface area contributed by atoms with Crippen LogP contribution in [0.1, 0.15) is 33.6 Å². The highest BCUT2D eigenvalue weighted by Gasteiger charge is 1.82. The van der Waals surface area contributed by atoms with Gasteiger partial charge in [-0.15, -0.1) is 0 Å². The molecule has 0 aromatic rings. The van der Waals surface area contributed by atoms with Gasteiger partial charge in [-0.1, -0.05) is 25.5 Å². The molecule has 0 nitrogen and oxygen atoms in total. The highest BCUT2D eigenvalue weighted by Crippen LogP contribution is 2.01. The average molecular weight is 111 g/mol. The Hall–Kier alpha value is -0.260. The second kappa shape index (κ2) is 4.89. The molecule has 0 aliphatic carbocycles. The Labute approximate surface area is 52.6 Å². The summed E-state index contributed by atoms with van der Waals surface area (Å²) in [6.45, 7) is 6.47. The van der Waals surface area contributed by atoms with Crippen molar-refractivity contribution in [2.45, 2.75) is 33.6 Å². The van der Waals surface area contributed by atoms with Crippen LogP contribution in [-0.2, 0) is 0 Å².